The molecule has 0 aliphatic heterocycles. The van der Waals surface area contributed by atoms with Crippen molar-refractivity contribution < 1.29 is 14.0 Å². The normalized spacial score (nSPS) is 15.7. The minimum atomic E-state index is -1.97. The second-order valence-corrected chi connectivity index (χ2v) is 21.4. The van der Waals surface area contributed by atoms with Crippen LogP contribution in [0.4, 0.5) is 0 Å². The van der Waals surface area contributed by atoms with Gasteiger partial charge in [-0.2, -0.15) is 0 Å². The average molecular weight is 468 g/mol. The van der Waals surface area contributed by atoms with Gasteiger partial charge in [0.15, 0.2) is 16.6 Å². The molecule has 0 amide bonds. The van der Waals surface area contributed by atoms with Gasteiger partial charge in [-0.05, 0) is 54.7 Å². The summed E-state index contributed by atoms with van der Waals surface area (Å²) in [6.07, 6.45) is 1.58. The molecule has 1 rings (SSSR count). The number of rotatable bonds is 12. The number of benzene rings is 1. The highest BCUT2D eigenvalue weighted by atomic mass is 28.4. The van der Waals surface area contributed by atoms with E-state index in [2.05, 4.69) is 97.3 Å². The van der Waals surface area contributed by atoms with E-state index in [1.54, 1.807) is 0 Å². The van der Waals surface area contributed by atoms with Crippen molar-refractivity contribution in [3.05, 3.63) is 35.9 Å². The Kier molecular flexibility index (Phi) is 10.6. The minimum Gasteiger partial charge on any atom is -0.415 e. The summed E-state index contributed by atoms with van der Waals surface area (Å²) in [7, 11) is -3.85. The highest BCUT2D eigenvalue weighted by molar-refractivity contribution is 6.74. The quantitative estimate of drug-likeness (QED) is 0.353. The zero-order valence-electron chi connectivity index (χ0n) is 21.8. The molecule has 1 aromatic carbocycles. The maximum atomic E-state index is 9.54. The summed E-state index contributed by atoms with van der Waals surface area (Å²) in [6.45, 7) is 24.5. The summed E-state index contributed by atoms with van der Waals surface area (Å²) < 4.78 is 13.6. The van der Waals surface area contributed by atoms with Gasteiger partial charge >= 0.3 is 0 Å². The lowest BCUT2D eigenvalue weighted by molar-refractivity contribution is 0.0861. The van der Waals surface area contributed by atoms with Crippen LogP contribution in [-0.4, -0.2) is 47.1 Å². The predicted molar refractivity (Wildman–Crippen MR) is 139 cm³/mol. The first-order chi connectivity index (χ1) is 14.1. The van der Waals surface area contributed by atoms with Crippen LogP contribution in [0.5, 0.6) is 0 Å². The van der Waals surface area contributed by atoms with Gasteiger partial charge in [-0.25, -0.2) is 0 Å². The van der Waals surface area contributed by atoms with Crippen LogP contribution < -0.4 is 5.32 Å². The maximum absolute atomic E-state index is 9.54. The van der Waals surface area contributed by atoms with Crippen molar-refractivity contribution in [2.24, 2.45) is 0 Å². The third-order valence-electron chi connectivity index (χ3n) is 7.19. The lowest BCUT2D eigenvalue weighted by Crippen LogP contribution is -2.54. The molecule has 0 saturated carbocycles. The molecule has 0 fully saturated rings. The van der Waals surface area contributed by atoms with Crippen LogP contribution in [-0.2, 0) is 15.4 Å². The standard InChI is InChI=1S/C25H49NO3Si2/c1-24(2,3)30(7,8)28-20-22(26-19-21-15-12-11-13-16-21)23(17-14-18-27)29-31(9,10)25(4,5)6/h11-13,15-16,22-23,26-27H,14,17-20H2,1-10H3/t22-,23+/m0/s1. The van der Waals surface area contributed by atoms with Crippen molar-refractivity contribution in [3.8, 4) is 0 Å². The minimum absolute atomic E-state index is 0.0153. The van der Waals surface area contributed by atoms with E-state index in [0.29, 0.717) is 6.61 Å². The molecular formula is C25H49NO3Si2. The van der Waals surface area contributed by atoms with Crippen LogP contribution in [0, 0.1) is 0 Å². The van der Waals surface area contributed by atoms with E-state index in [1.807, 2.05) is 6.07 Å². The largest absolute Gasteiger partial charge is 0.415 e. The van der Waals surface area contributed by atoms with Crippen LogP contribution in [0.3, 0.4) is 0 Å². The summed E-state index contributed by atoms with van der Waals surface area (Å²) in [5.74, 6) is 0. The van der Waals surface area contributed by atoms with Gasteiger partial charge in [-0.3, -0.25) is 0 Å². The third kappa shape index (κ3) is 9.10. The van der Waals surface area contributed by atoms with Gasteiger partial charge in [0.25, 0.3) is 0 Å². The summed E-state index contributed by atoms with van der Waals surface area (Å²) in [5, 5.41) is 13.6. The number of aliphatic hydroxyl groups is 1. The predicted octanol–water partition coefficient (Wildman–Crippen LogP) is 6.33. The molecule has 1 aromatic rings. The van der Waals surface area contributed by atoms with Crippen LogP contribution in [0.2, 0.25) is 36.3 Å². The van der Waals surface area contributed by atoms with Crippen molar-refractivity contribution in [1.82, 2.24) is 5.32 Å². The molecule has 4 nitrogen and oxygen atoms in total. The fourth-order valence-electron chi connectivity index (χ4n) is 2.85. The van der Waals surface area contributed by atoms with Gasteiger partial charge in [-0.15, -0.1) is 0 Å². The highest BCUT2D eigenvalue weighted by Gasteiger charge is 2.42. The summed E-state index contributed by atoms with van der Waals surface area (Å²) in [6, 6.07) is 10.6. The van der Waals surface area contributed by atoms with E-state index < -0.39 is 16.6 Å². The number of nitrogens with one attached hydrogen (secondary N) is 1. The molecule has 0 unspecified atom stereocenters. The fourth-order valence-corrected chi connectivity index (χ4v) is 5.27. The fraction of sp³-hybridized carbons (Fsp3) is 0.760. The Morgan fingerprint density at radius 2 is 1.45 bits per heavy atom. The molecule has 0 saturated heterocycles. The first-order valence-corrected chi connectivity index (χ1v) is 17.6. The van der Waals surface area contributed by atoms with Crippen LogP contribution in [0.25, 0.3) is 0 Å². The molecule has 2 N–H and O–H groups in total. The maximum Gasteiger partial charge on any atom is 0.192 e. The van der Waals surface area contributed by atoms with Crippen molar-refractivity contribution in [3.63, 3.8) is 0 Å². The second kappa shape index (κ2) is 11.6. The molecule has 0 spiro atoms. The van der Waals surface area contributed by atoms with Gasteiger partial charge in [0.1, 0.15) is 0 Å². The molecule has 31 heavy (non-hydrogen) atoms. The molecule has 0 bridgehead atoms. The van der Waals surface area contributed by atoms with E-state index in [0.717, 1.165) is 19.4 Å². The van der Waals surface area contributed by atoms with Gasteiger partial charge in [0.05, 0.1) is 18.8 Å². The van der Waals surface area contributed by atoms with Crippen LogP contribution in [0.15, 0.2) is 30.3 Å². The number of aliphatic hydroxyl groups excluding tert-OH is 1. The Morgan fingerprint density at radius 1 is 0.903 bits per heavy atom. The van der Waals surface area contributed by atoms with Gasteiger partial charge in [0, 0.05) is 13.2 Å². The summed E-state index contributed by atoms with van der Waals surface area (Å²) >= 11 is 0. The molecule has 0 aliphatic rings. The second-order valence-electron chi connectivity index (χ2n) is 11.8. The van der Waals surface area contributed by atoms with Gasteiger partial charge < -0.3 is 19.3 Å². The summed E-state index contributed by atoms with van der Waals surface area (Å²) in [4.78, 5) is 0. The van der Waals surface area contributed by atoms with Crippen LogP contribution >= 0.6 is 0 Å². The lowest BCUT2D eigenvalue weighted by Gasteiger charge is -2.43. The lowest BCUT2D eigenvalue weighted by atomic mass is 10.1. The molecule has 0 radical (unpaired) electrons. The molecule has 2 atom stereocenters. The van der Waals surface area contributed by atoms with Gasteiger partial charge in [-0.1, -0.05) is 71.9 Å². The van der Waals surface area contributed by atoms with Crippen molar-refractivity contribution >= 4 is 16.6 Å². The number of hydrogen-bond donors (Lipinski definition) is 2. The highest BCUT2D eigenvalue weighted by Crippen LogP contribution is 2.39. The zero-order chi connectivity index (χ0) is 23.9. The number of hydrogen-bond acceptors (Lipinski definition) is 4. The monoisotopic (exact) mass is 467 g/mol. The smallest absolute Gasteiger partial charge is 0.192 e. The first kappa shape index (κ1) is 28.5. The zero-order valence-corrected chi connectivity index (χ0v) is 23.8. The topological polar surface area (TPSA) is 50.7 Å². The Hall–Kier alpha value is -0.506. The van der Waals surface area contributed by atoms with Crippen molar-refractivity contribution in [2.45, 2.75) is 109 Å². The first-order valence-electron chi connectivity index (χ1n) is 11.8. The van der Waals surface area contributed by atoms with Gasteiger partial charge in [0.2, 0.25) is 0 Å². The Labute approximate surface area is 194 Å². The SMILES string of the molecule is CC(C)(C)[Si](C)(C)OC[C@H](NCc1ccccc1)[C@@H](CCCO)O[Si](C)(C)C(C)(C)C. The van der Waals surface area contributed by atoms with Crippen molar-refractivity contribution in [2.75, 3.05) is 13.2 Å². The van der Waals surface area contributed by atoms with Crippen molar-refractivity contribution in [1.29, 1.82) is 0 Å². The third-order valence-corrected chi connectivity index (χ3v) is 16.2. The van der Waals surface area contributed by atoms with E-state index >= 15 is 0 Å². The van der Waals surface area contributed by atoms with E-state index in [9.17, 15) is 5.11 Å². The Bertz CT molecular complexity index is 636. The van der Waals surface area contributed by atoms with E-state index in [-0.39, 0.29) is 28.8 Å². The molecule has 0 aromatic heterocycles. The Morgan fingerprint density at radius 3 is 1.94 bits per heavy atom. The summed E-state index contributed by atoms with van der Waals surface area (Å²) in [5.41, 5.74) is 1.26. The molecular weight excluding hydrogens is 418 g/mol. The average Bonchev–Trinajstić information content (AvgIpc) is 2.64. The molecule has 6 heteroatoms. The Balaban J connectivity index is 3.10. The van der Waals surface area contributed by atoms with E-state index in [4.69, 9.17) is 8.85 Å². The molecule has 0 heterocycles. The molecule has 0 aliphatic carbocycles. The van der Waals surface area contributed by atoms with Crippen LogP contribution in [0.1, 0.15) is 59.9 Å². The molecule has 180 valence electrons. The van der Waals surface area contributed by atoms with E-state index in [1.165, 1.54) is 5.56 Å².